The van der Waals surface area contributed by atoms with Gasteiger partial charge in [0.15, 0.2) is 0 Å². The van der Waals surface area contributed by atoms with Crippen molar-refractivity contribution in [1.82, 2.24) is 0 Å². The molecule has 1 heterocycles. The molecule has 1 aliphatic carbocycles. The van der Waals surface area contributed by atoms with Crippen molar-refractivity contribution in [3.63, 3.8) is 0 Å². The highest BCUT2D eigenvalue weighted by Gasteiger charge is 2.38. The molecule has 0 saturated carbocycles. The van der Waals surface area contributed by atoms with E-state index >= 15 is 0 Å². The minimum atomic E-state index is 0.395. The number of hydrogen-bond donors (Lipinski definition) is 0. The summed E-state index contributed by atoms with van der Waals surface area (Å²) in [5.74, 6) is 0. The van der Waals surface area contributed by atoms with Gasteiger partial charge in [-0.15, -0.1) is 0 Å². The normalized spacial score (nSPS) is 22.0. The lowest BCUT2D eigenvalue weighted by atomic mass is 10.0. The molecule has 0 N–H and O–H groups in total. The lowest BCUT2D eigenvalue weighted by Gasteiger charge is -2.27. The zero-order valence-electron chi connectivity index (χ0n) is 14.2. The van der Waals surface area contributed by atoms with Gasteiger partial charge in [-0.2, -0.15) is 0 Å². The van der Waals surface area contributed by atoms with Crippen molar-refractivity contribution >= 4 is 11.4 Å². The summed E-state index contributed by atoms with van der Waals surface area (Å²) in [5.41, 5.74) is 4.05. The first kappa shape index (κ1) is 15.1. The van der Waals surface area contributed by atoms with Crippen LogP contribution in [-0.2, 0) is 6.42 Å². The van der Waals surface area contributed by atoms with Crippen LogP contribution in [0.5, 0.6) is 0 Å². The molecule has 1 aliphatic heterocycles. The van der Waals surface area contributed by atoms with Crippen molar-refractivity contribution in [2.45, 2.75) is 31.8 Å². The summed E-state index contributed by atoms with van der Waals surface area (Å²) in [7, 11) is 0. The molecule has 2 heteroatoms. The largest absolute Gasteiger partial charge is 0.345 e. The van der Waals surface area contributed by atoms with Gasteiger partial charge in [-0.05, 0) is 36.2 Å². The molecule has 24 heavy (non-hydrogen) atoms. The van der Waals surface area contributed by atoms with E-state index in [1.165, 1.54) is 23.4 Å². The van der Waals surface area contributed by atoms with E-state index in [4.69, 9.17) is 0 Å². The van der Waals surface area contributed by atoms with Gasteiger partial charge in [-0.3, -0.25) is 0 Å². The Labute approximate surface area is 144 Å². The molecule has 2 aliphatic rings. The summed E-state index contributed by atoms with van der Waals surface area (Å²) in [6, 6.07) is 20.6. The van der Waals surface area contributed by atoms with Crippen LogP contribution < -0.4 is 9.80 Å². The van der Waals surface area contributed by atoms with Gasteiger partial charge in [0.25, 0.3) is 0 Å². The molecule has 1 fully saturated rings. The van der Waals surface area contributed by atoms with Crippen LogP contribution in [0.25, 0.3) is 0 Å². The second-order valence-electron chi connectivity index (χ2n) is 6.59. The number of anilines is 2. The predicted molar refractivity (Wildman–Crippen MR) is 103 cm³/mol. The molecule has 0 bridgehead atoms. The van der Waals surface area contributed by atoms with Crippen molar-refractivity contribution in [2.24, 2.45) is 0 Å². The van der Waals surface area contributed by atoms with Crippen molar-refractivity contribution in [3.05, 3.63) is 84.5 Å². The molecular formula is C22H24N2. The Bertz CT molecular complexity index is 748. The van der Waals surface area contributed by atoms with E-state index in [9.17, 15) is 0 Å². The smallest absolute Gasteiger partial charge is 0.0916 e. The van der Waals surface area contributed by atoms with Gasteiger partial charge in [0.2, 0.25) is 0 Å². The number of allylic oxidation sites excluding steroid dienone is 2. The highest BCUT2D eigenvalue weighted by atomic mass is 15.4. The van der Waals surface area contributed by atoms with Gasteiger partial charge in [0.1, 0.15) is 0 Å². The van der Waals surface area contributed by atoms with Gasteiger partial charge in [-0.25, -0.2) is 0 Å². The van der Waals surface area contributed by atoms with E-state index in [2.05, 4.69) is 95.6 Å². The quantitative estimate of drug-likeness (QED) is 0.800. The van der Waals surface area contributed by atoms with Gasteiger partial charge < -0.3 is 9.80 Å². The summed E-state index contributed by atoms with van der Waals surface area (Å²) < 4.78 is 0. The average molecular weight is 316 g/mol. The molecule has 122 valence electrons. The van der Waals surface area contributed by atoms with E-state index in [0.717, 1.165) is 13.1 Å². The number of aryl methyl sites for hydroxylation is 1. The van der Waals surface area contributed by atoms with Gasteiger partial charge >= 0.3 is 0 Å². The lowest BCUT2D eigenvalue weighted by molar-refractivity contribution is 0.745. The zero-order chi connectivity index (χ0) is 16.4. The fourth-order valence-electron chi connectivity index (χ4n) is 3.82. The summed E-state index contributed by atoms with van der Waals surface area (Å²) in [4.78, 5) is 5.02. The first-order chi connectivity index (χ1) is 11.9. The lowest BCUT2D eigenvalue weighted by Crippen LogP contribution is -2.35. The first-order valence-corrected chi connectivity index (χ1v) is 8.89. The molecule has 1 saturated heterocycles. The number of benzene rings is 2. The van der Waals surface area contributed by atoms with Gasteiger partial charge in [0, 0.05) is 11.4 Å². The molecule has 0 radical (unpaired) electrons. The maximum atomic E-state index is 2.52. The Balaban J connectivity index is 1.68. The van der Waals surface area contributed by atoms with E-state index in [1.54, 1.807) is 0 Å². The van der Waals surface area contributed by atoms with Crippen molar-refractivity contribution in [2.75, 3.05) is 16.5 Å². The summed E-state index contributed by atoms with van der Waals surface area (Å²) >= 11 is 0. The third-order valence-corrected chi connectivity index (χ3v) is 4.97. The monoisotopic (exact) mass is 316 g/mol. The molecule has 2 atom stereocenters. The fourth-order valence-corrected chi connectivity index (χ4v) is 3.82. The van der Waals surface area contributed by atoms with E-state index < -0.39 is 0 Å². The summed E-state index contributed by atoms with van der Waals surface area (Å²) in [6.45, 7) is 3.16. The molecule has 2 aromatic rings. The number of para-hydroxylation sites is 1. The topological polar surface area (TPSA) is 6.48 Å². The molecular weight excluding hydrogens is 292 g/mol. The zero-order valence-corrected chi connectivity index (χ0v) is 14.2. The molecule has 0 amide bonds. The van der Waals surface area contributed by atoms with Crippen LogP contribution in [-0.4, -0.2) is 18.8 Å². The second kappa shape index (κ2) is 6.56. The van der Waals surface area contributed by atoms with E-state index in [1.807, 2.05) is 0 Å². The van der Waals surface area contributed by atoms with Crippen LogP contribution in [0.1, 0.15) is 18.9 Å². The number of nitrogens with zero attached hydrogens (tertiary/aromatic N) is 2. The highest BCUT2D eigenvalue weighted by molar-refractivity contribution is 5.61. The van der Waals surface area contributed by atoms with Crippen LogP contribution in [0.2, 0.25) is 0 Å². The van der Waals surface area contributed by atoms with Crippen LogP contribution in [0.3, 0.4) is 0 Å². The average Bonchev–Trinajstić information content (AvgIpc) is 3.03. The van der Waals surface area contributed by atoms with Crippen LogP contribution in [0, 0.1) is 0 Å². The Kier molecular flexibility index (Phi) is 4.12. The Morgan fingerprint density at radius 1 is 0.833 bits per heavy atom. The molecule has 2 unspecified atom stereocenters. The molecule has 4 rings (SSSR count). The van der Waals surface area contributed by atoms with Crippen LogP contribution in [0.15, 0.2) is 78.9 Å². The van der Waals surface area contributed by atoms with Crippen LogP contribution >= 0.6 is 0 Å². The molecule has 0 aromatic heterocycles. The molecule has 2 nitrogen and oxygen atoms in total. The van der Waals surface area contributed by atoms with Gasteiger partial charge in [0.05, 0.1) is 18.8 Å². The maximum Gasteiger partial charge on any atom is 0.0916 e. The second-order valence-corrected chi connectivity index (χ2v) is 6.59. The van der Waals surface area contributed by atoms with E-state index in [-0.39, 0.29) is 0 Å². The maximum absolute atomic E-state index is 2.52. The highest BCUT2D eigenvalue weighted by Crippen LogP contribution is 2.34. The Morgan fingerprint density at radius 2 is 1.50 bits per heavy atom. The fraction of sp³-hybridized carbons (Fsp3) is 0.273. The minimum absolute atomic E-state index is 0.395. The Hall–Kier alpha value is -2.48. The van der Waals surface area contributed by atoms with Crippen molar-refractivity contribution in [3.8, 4) is 0 Å². The first-order valence-electron chi connectivity index (χ1n) is 8.89. The Morgan fingerprint density at radius 3 is 2.21 bits per heavy atom. The predicted octanol–water partition coefficient (Wildman–Crippen LogP) is 4.79. The van der Waals surface area contributed by atoms with E-state index in [0.29, 0.717) is 12.1 Å². The SMILES string of the molecule is CCCc1cccc(N2CN(c3ccccc3)C3C=CC=CC32)c1. The summed E-state index contributed by atoms with van der Waals surface area (Å²) in [5, 5.41) is 0. The number of fused-ring (bicyclic) bond motifs is 1. The number of hydrogen-bond acceptors (Lipinski definition) is 2. The minimum Gasteiger partial charge on any atom is -0.345 e. The number of rotatable bonds is 4. The third-order valence-electron chi connectivity index (χ3n) is 4.97. The molecule has 0 spiro atoms. The molecule has 2 aromatic carbocycles. The van der Waals surface area contributed by atoms with Gasteiger partial charge in [-0.1, -0.05) is 68.0 Å². The van der Waals surface area contributed by atoms with Crippen molar-refractivity contribution in [1.29, 1.82) is 0 Å². The summed E-state index contributed by atoms with van der Waals surface area (Å²) in [6.07, 6.45) is 11.3. The third kappa shape index (κ3) is 2.73. The van der Waals surface area contributed by atoms with Crippen LogP contribution in [0.4, 0.5) is 11.4 Å². The standard InChI is InChI=1S/C22H24N2/c1-2-9-18-10-8-13-20(16-18)24-17-23(19-11-4-3-5-12-19)21-14-6-7-15-22(21)24/h3-8,10-16,21-22H,2,9,17H2,1H3. The van der Waals surface area contributed by atoms with Crippen molar-refractivity contribution < 1.29 is 0 Å².